The third-order valence-corrected chi connectivity index (χ3v) is 9.73. The van der Waals surface area contributed by atoms with Crippen LogP contribution in [0.5, 0.6) is 0 Å². The maximum Gasteiger partial charge on any atom is 0.500 e. The van der Waals surface area contributed by atoms with E-state index in [1.165, 1.54) is 5.56 Å². The quantitative estimate of drug-likeness (QED) is 0.271. The summed E-state index contributed by atoms with van der Waals surface area (Å²) in [6.45, 7) is 13.4. The van der Waals surface area contributed by atoms with Gasteiger partial charge in [0.1, 0.15) is 0 Å². The molecular weight excluding hydrogens is 400 g/mol. The lowest BCUT2D eigenvalue weighted by Gasteiger charge is -2.38. The van der Waals surface area contributed by atoms with Crippen LogP contribution in [0.4, 0.5) is 0 Å². The lowest BCUT2D eigenvalue weighted by Crippen LogP contribution is -2.46. The molecule has 29 heavy (non-hydrogen) atoms. The molecule has 0 radical (unpaired) electrons. The summed E-state index contributed by atoms with van der Waals surface area (Å²) in [5.74, 6) is 0. The molecule has 0 amide bonds. The minimum Gasteiger partial charge on any atom is -0.376 e. The summed E-state index contributed by atoms with van der Waals surface area (Å²) in [7, 11) is -1.71. The summed E-state index contributed by atoms with van der Waals surface area (Å²) in [5, 5.41) is -0.333. The molecule has 0 aliphatic carbocycles. The van der Waals surface area contributed by atoms with E-state index in [-0.39, 0.29) is 11.3 Å². The minimum atomic E-state index is -2.57. The van der Waals surface area contributed by atoms with Gasteiger partial charge in [-0.2, -0.15) is 0 Å². The summed E-state index contributed by atoms with van der Waals surface area (Å²) in [6, 6.07) is 11.4. The third kappa shape index (κ3) is 8.24. The number of hydrogen-bond donors (Lipinski definition) is 0. The Bertz CT molecular complexity index is 514. The second kappa shape index (κ2) is 14.5. The van der Waals surface area contributed by atoms with Crippen molar-refractivity contribution in [3.63, 3.8) is 0 Å². The fraction of sp³-hybridized carbons (Fsp3) is 0.727. The van der Waals surface area contributed by atoms with Crippen LogP contribution in [0.25, 0.3) is 0 Å². The first-order valence-electron chi connectivity index (χ1n) is 11.2. The minimum absolute atomic E-state index is 0.0452. The summed E-state index contributed by atoms with van der Waals surface area (Å²) < 4.78 is 30.5. The maximum absolute atomic E-state index is 6.32. The van der Waals surface area contributed by atoms with Crippen molar-refractivity contribution >= 4 is 19.0 Å². The Morgan fingerprint density at radius 3 is 1.90 bits per heavy atom. The zero-order chi connectivity index (χ0) is 21.6. The Morgan fingerprint density at radius 1 is 0.828 bits per heavy atom. The lowest BCUT2D eigenvalue weighted by atomic mass is 9.98. The van der Waals surface area contributed by atoms with Gasteiger partial charge in [0.25, 0.3) is 0 Å². The predicted octanol–water partition coefficient (Wildman–Crippen LogP) is 3.87. The van der Waals surface area contributed by atoms with Gasteiger partial charge in [0.15, 0.2) is 0 Å². The van der Waals surface area contributed by atoms with E-state index in [1.54, 1.807) is 0 Å². The predicted molar refractivity (Wildman–Crippen MR) is 124 cm³/mol. The molecule has 1 aromatic rings. The fourth-order valence-corrected chi connectivity index (χ4v) is 7.59. The van der Waals surface area contributed by atoms with E-state index in [0.717, 1.165) is 35.5 Å². The van der Waals surface area contributed by atoms with E-state index < -0.39 is 8.80 Å². The van der Waals surface area contributed by atoms with Crippen LogP contribution in [0, 0.1) is 0 Å². The topological polar surface area (TPSA) is 46.2 Å². The second-order valence-corrected chi connectivity index (χ2v) is 11.3. The van der Waals surface area contributed by atoms with Gasteiger partial charge in [-0.1, -0.05) is 36.8 Å². The number of unbranched alkanes of at least 4 members (excludes halogenated alkanes) is 1. The van der Waals surface area contributed by atoms with Gasteiger partial charge in [-0.15, -0.1) is 0 Å². The van der Waals surface area contributed by atoms with Crippen molar-refractivity contribution in [1.82, 2.24) is 0 Å². The monoisotopic (exact) mass is 442 g/mol. The molecule has 0 saturated heterocycles. The molecule has 0 aliphatic rings. The fourth-order valence-electron chi connectivity index (χ4n) is 3.82. The molecule has 0 heterocycles. The van der Waals surface area contributed by atoms with E-state index in [9.17, 15) is 0 Å². The average Bonchev–Trinajstić information content (AvgIpc) is 2.71. The summed E-state index contributed by atoms with van der Waals surface area (Å²) >= 11 is 0. The number of hydrogen-bond acceptors (Lipinski definition) is 5. The zero-order valence-electron chi connectivity index (χ0n) is 19.4. The smallest absolute Gasteiger partial charge is 0.376 e. The highest BCUT2D eigenvalue weighted by Crippen LogP contribution is 2.32. The van der Waals surface area contributed by atoms with Crippen LogP contribution < -0.4 is 0 Å². The summed E-state index contributed by atoms with van der Waals surface area (Å²) in [5.41, 5.74) is 1.22. The molecule has 1 aromatic carbocycles. The van der Waals surface area contributed by atoms with Crippen molar-refractivity contribution in [2.24, 2.45) is 0 Å². The van der Waals surface area contributed by atoms with Gasteiger partial charge in [0.05, 0.1) is 21.6 Å². The number of ether oxygens (including phenoxy) is 2. The van der Waals surface area contributed by atoms with Gasteiger partial charge in [-0.3, -0.25) is 0 Å². The van der Waals surface area contributed by atoms with Crippen molar-refractivity contribution in [2.45, 2.75) is 71.3 Å². The Morgan fingerprint density at radius 2 is 1.41 bits per heavy atom. The van der Waals surface area contributed by atoms with Gasteiger partial charge >= 0.3 is 8.80 Å². The van der Waals surface area contributed by atoms with Crippen LogP contribution in [0.15, 0.2) is 30.3 Å². The first-order valence-corrected chi connectivity index (χ1v) is 14.2. The van der Waals surface area contributed by atoms with E-state index in [2.05, 4.69) is 38.1 Å². The molecule has 1 rings (SSSR count). The molecule has 0 aliphatic heterocycles. The summed E-state index contributed by atoms with van der Waals surface area (Å²) in [4.78, 5) is 0. The second-order valence-electron chi connectivity index (χ2n) is 7.08. The highest BCUT2D eigenvalue weighted by atomic mass is 28.4. The van der Waals surface area contributed by atoms with Crippen LogP contribution in [0.2, 0.25) is 6.04 Å². The van der Waals surface area contributed by atoms with Crippen molar-refractivity contribution in [2.75, 3.05) is 33.0 Å². The molecule has 2 unspecified atom stereocenters. The van der Waals surface area contributed by atoms with E-state index in [1.807, 2.05) is 26.8 Å². The van der Waals surface area contributed by atoms with Crippen molar-refractivity contribution in [3.8, 4) is 0 Å². The first kappa shape index (κ1) is 26.5. The molecule has 0 fully saturated rings. The van der Waals surface area contributed by atoms with Crippen LogP contribution >= 0.6 is 0 Å². The Hall–Kier alpha value is -0.546. The SMILES string of the molecule is CCOC(CCCC[Si](OCC)(OCC)OCC)C([SiH3])(OCC)c1ccccc1. The molecule has 7 heteroatoms. The van der Waals surface area contributed by atoms with Gasteiger partial charge < -0.3 is 22.8 Å². The zero-order valence-corrected chi connectivity index (χ0v) is 22.4. The molecular formula is C22H42O5Si2. The lowest BCUT2D eigenvalue weighted by molar-refractivity contribution is -0.102. The highest BCUT2D eigenvalue weighted by Gasteiger charge is 2.40. The van der Waals surface area contributed by atoms with Crippen molar-refractivity contribution in [3.05, 3.63) is 35.9 Å². The van der Waals surface area contributed by atoms with Crippen LogP contribution in [-0.4, -0.2) is 58.2 Å². The van der Waals surface area contributed by atoms with Gasteiger partial charge in [-0.05, 0) is 53.0 Å². The van der Waals surface area contributed by atoms with Crippen LogP contribution in [-0.2, 0) is 28.0 Å². The van der Waals surface area contributed by atoms with Crippen LogP contribution in [0.3, 0.4) is 0 Å². The molecule has 0 aromatic heterocycles. The molecule has 168 valence electrons. The maximum atomic E-state index is 6.32. The normalized spacial score (nSPS) is 15.3. The van der Waals surface area contributed by atoms with Crippen LogP contribution in [0.1, 0.15) is 59.4 Å². The Labute approximate surface area is 182 Å². The molecule has 0 bridgehead atoms. The molecule has 0 saturated carbocycles. The van der Waals surface area contributed by atoms with E-state index >= 15 is 0 Å². The van der Waals surface area contributed by atoms with Gasteiger partial charge in [-0.25, -0.2) is 0 Å². The van der Waals surface area contributed by atoms with E-state index in [4.69, 9.17) is 22.8 Å². The van der Waals surface area contributed by atoms with Crippen molar-refractivity contribution in [1.29, 1.82) is 0 Å². The number of benzene rings is 1. The standard InChI is InChI=1S/C22H42O5Si2/c1-6-23-21(22(28,24-7-2)20-16-12-11-13-17-20)18-14-15-19-29(25-8-3,26-9-4)27-10-5/h11-13,16-17,21H,6-10,14-15,18-19H2,1-5,28H3. The largest absolute Gasteiger partial charge is 0.500 e. The first-order chi connectivity index (χ1) is 14.0. The molecule has 0 N–H and O–H groups in total. The van der Waals surface area contributed by atoms with Crippen molar-refractivity contribution < 1.29 is 22.8 Å². The Balaban J connectivity index is 2.82. The highest BCUT2D eigenvalue weighted by molar-refractivity contribution is 6.60. The molecule has 0 spiro atoms. The Kier molecular flexibility index (Phi) is 13.2. The average molecular weight is 443 g/mol. The number of rotatable bonds is 17. The summed E-state index contributed by atoms with van der Waals surface area (Å²) in [6.07, 6.45) is 3.01. The van der Waals surface area contributed by atoms with Gasteiger partial charge in [0, 0.05) is 39.1 Å². The van der Waals surface area contributed by atoms with Gasteiger partial charge in [0.2, 0.25) is 0 Å². The third-order valence-electron chi connectivity index (χ3n) is 5.07. The molecule has 5 nitrogen and oxygen atoms in total. The molecule has 2 atom stereocenters. The van der Waals surface area contributed by atoms with E-state index in [0.29, 0.717) is 33.0 Å².